The van der Waals surface area contributed by atoms with E-state index >= 15 is 0 Å². The van der Waals surface area contributed by atoms with Gasteiger partial charge in [0.15, 0.2) is 5.03 Å². The summed E-state index contributed by atoms with van der Waals surface area (Å²) in [5.41, 5.74) is 6.21. The van der Waals surface area contributed by atoms with Gasteiger partial charge in [-0.25, -0.2) is 19.1 Å². The predicted molar refractivity (Wildman–Crippen MR) is 144 cm³/mol. The number of rotatable bonds is 7. The molecular weight excluding hydrogens is 509 g/mol. The van der Waals surface area contributed by atoms with Gasteiger partial charge in [0.05, 0.1) is 17.4 Å². The molecule has 0 aliphatic carbocycles. The van der Waals surface area contributed by atoms with Crippen LogP contribution >= 0.6 is 0 Å². The largest absolute Gasteiger partial charge is 0.491 e. The van der Waals surface area contributed by atoms with Crippen molar-refractivity contribution < 1.29 is 22.3 Å². The molecule has 9 nitrogen and oxygen atoms in total. The number of amides is 1. The lowest BCUT2D eigenvalue weighted by Crippen LogP contribution is -2.43. The van der Waals surface area contributed by atoms with Gasteiger partial charge in [-0.05, 0) is 76.4 Å². The molecule has 0 bridgehead atoms. The SMILES string of the molecule is CC(C)Oc1cc(F)cc(-c2ccc(C(=O)NS(=O)(=O)c3cccc(N)n3)c(N3CCC(C)C3(C)C)n2)c1. The number of pyridine rings is 2. The van der Waals surface area contributed by atoms with Crippen LogP contribution in [-0.4, -0.2) is 42.5 Å². The third-order valence-corrected chi connectivity index (χ3v) is 8.08. The zero-order chi connectivity index (χ0) is 27.8. The molecule has 202 valence electrons. The summed E-state index contributed by atoms with van der Waals surface area (Å²) >= 11 is 0. The Balaban J connectivity index is 1.79. The number of anilines is 2. The van der Waals surface area contributed by atoms with Gasteiger partial charge in [-0.1, -0.05) is 13.0 Å². The van der Waals surface area contributed by atoms with Crippen molar-refractivity contribution in [2.24, 2.45) is 5.92 Å². The molecule has 38 heavy (non-hydrogen) atoms. The fourth-order valence-corrected chi connectivity index (χ4v) is 5.40. The number of halogens is 1. The normalized spacial score (nSPS) is 17.0. The monoisotopic (exact) mass is 541 g/mol. The smallest absolute Gasteiger partial charge is 0.281 e. The molecule has 3 N–H and O–H groups in total. The summed E-state index contributed by atoms with van der Waals surface area (Å²) in [7, 11) is -4.30. The van der Waals surface area contributed by atoms with E-state index in [1.54, 1.807) is 12.1 Å². The first-order chi connectivity index (χ1) is 17.8. The van der Waals surface area contributed by atoms with Gasteiger partial charge in [0.25, 0.3) is 15.9 Å². The summed E-state index contributed by atoms with van der Waals surface area (Å²) in [4.78, 5) is 23.9. The van der Waals surface area contributed by atoms with Crippen LogP contribution in [-0.2, 0) is 10.0 Å². The van der Waals surface area contributed by atoms with Crippen molar-refractivity contribution in [1.82, 2.24) is 14.7 Å². The van der Waals surface area contributed by atoms with E-state index in [1.165, 1.54) is 36.4 Å². The van der Waals surface area contributed by atoms with E-state index in [-0.39, 0.29) is 34.0 Å². The molecule has 3 aromatic rings. The number of nitrogen functional groups attached to an aromatic ring is 1. The molecule has 1 aliphatic heterocycles. The van der Waals surface area contributed by atoms with Crippen LogP contribution in [0.4, 0.5) is 16.0 Å². The number of nitrogens with zero attached hydrogens (tertiary/aromatic N) is 3. The zero-order valence-corrected chi connectivity index (χ0v) is 22.8. The van der Waals surface area contributed by atoms with Crippen molar-refractivity contribution in [2.75, 3.05) is 17.2 Å². The second kappa shape index (κ2) is 10.2. The maximum Gasteiger partial charge on any atom is 0.281 e. The minimum atomic E-state index is -4.30. The molecule has 0 radical (unpaired) electrons. The van der Waals surface area contributed by atoms with Crippen molar-refractivity contribution >= 4 is 27.6 Å². The number of carbonyl (C=O) groups excluding carboxylic acids is 1. The van der Waals surface area contributed by atoms with E-state index in [1.807, 2.05) is 32.6 Å². The van der Waals surface area contributed by atoms with Gasteiger partial charge >= 0.3 is 0 Å². The Morgan fingerprint density at radius 3 is 2.55 bits per heavy atom. The average molecular weight is 542 g/mol. The Bertz CT molecular complexity index is 1480. The fraction of sp³-hybridized carbons (Fsp3) is 0.370. The first-order valence-corrected chi connectivity index (χ1v) is 13.8. The molecule has 0 saturated carbocycles. The number of carbonyl (C=O) groups is 1. The number of ether oxygens (including phenoxy) is 1. The van der Waals surface area contributed by atoms with Crippen molar-refractivity contribution in [3.63, 3.8) is 0 Å². The average Bonchev–Trinajstić information content (AvgIpc) is 3.09. The summed E-state index contributed by atoms with van der Waals surface area (Å²) < 4.78 is 48.0. The molecule has 1 aliphatic rings. The van der Waals surface area contributed by atoms with Crippen LogP contribution in [0, 0.1) is 11.7 Å². The minimum Gasteiger partial charge on any atom is -0.491 e. The highest BCUT2D eigenvalue weighted by Gasteiger charge is 2.41. The molecule has 1 atom stereocenters. The van der Waals surface area contributed by atoms with Gasteiger partial charge in [0.1, 0.15) is 23.2 Å². The molecular formula is C27H32FN5O4S. The third kappa shape index (κ3) is 5.57. The van der Waals surface area contributed by atoms with Crippen LogP contribution in [0.5, 0.6) is 5.75 Å². The quantitative estimate of drug-likeness (QED) is 0.451. The second-order valence-electron chi connectivity index (χ2n) is 10.2. The fourth-order valence-electron chi connectivity index (χ4n) is 4.46. The maximum atomic E-state index is 14.5. The first-order valence-electron chi connectivity index (χ1n) is 12.3. The zero-order valence-electron chi connectivity index (χ0n) is 22.0. The van der Waals surface area contributed by atoms with Gasteiger partial charge in [0, 0.05) is 23.7 Å². The molecule has 1 aromatic carbocycles. The van der Waals surface area contributed by atoms with Gasteiger partial charge in [-0.3, -0.25) is 4.79 Å². The van der Waals surface area contributed by atoms with E-state index in [4.69, 9.17) is 15.5 Å². The summed E-state index contributed by atoms with van der Waals surface area (Å²) in [5.74, 6) is -0.391. The molecule has 11 heteroatoms. The predicted octanol–water partition coefficient (Wildman–Crippen LogP) is 4.40. The number of hydrogen-bond acceptors (Lipinski definition) is 8. The highest BCUT2D eigenvalue weighted by atomic mass is 32.2. The van der Waals surface area contributed by atoms with E-state index in [2.05, 4.69) is 16.6 Å². The van der Waals surface area contributed by atoms with Crippen molar-refractivity contribution in [3.05, 3.63) is 59.9 Å². The van der Waals surface area contributed by atoms with E-state index in [9.17, 15) is 17.6 Å². The number of nitrogens with one attached hydrogen (secondary N) is 1. The van der Waals surface area contributed by atoms with Crippen molar-refractivity contribution in [2.45, 2.75) is 57.7 Å². The van der Waals surface area contributed by atoms with Gasteiger partial charge in [0.2, 0.25) is 0 Å². The Kier molecular flexibility index (Phi) is 7.33. The van der Waals surface area contributed by atoms with Crippen LogP contribution in [0.1, 0.15) is 51.4 Å². The van der Waals surface area contributed by atoms with Crippen LogP contribution < -0.4 is 20.1 Å². The highest BCUT2D eigenvalue weighted by molar-refractivity contribution is 7.90. The number of sulfonamides is 1. The number of nitrogens with two attached hydrogens (primary N) is 1. The second-order valence-corrected chi connectivity index (χ2v) is 11.9. The summed E-state index contributed by atoms with van der Waals surface area (Å²) in [6, 6.07) is 11.5. The van der Waals surface area contributed by atoms with E-state index < -0.39 is 21.7 Å². The van der Waals surface area contributed by atoms with Crippen LogP contribution in [0.2, 0.25) is 0 Å². The van der Waals surface area contributed by atoms with Gasteiger partial charge in [-0.15, -0.1) is 0 Å². The van der Waals surface area contributed by atoms with Crippen molar-refractivity contribution in [3.8, 4) is 17.0 Å². The Hall–Kier alpha value is -3.73. The lowest BCUT2D eigenvalue weighted by Gasteiger charge is -2.36. The van der Waals surface area contributed by atoms with Gasteiger partial charge < -0.3 is 15.4 Å². The molecule has 4 rings (SSSR count). The minimum absolute atomic E-state index is 0.00995. The Morgan fingerprint density at radius 2 is 1.92 bits per heavy atom. The standard InChI is InChI=1S/C27H32FN5O4S/c1-16(2)37-20-14-18(13-19(28)15-20)22-10-9-21(25(30-22)33-12-11-17(3)27(33,4)5)26(34)32-38(35,36)24-8-6-7-23(29)31-24/h6-10,13-17H,11-12H2,1-5H3,(H2,29,31)(H,32,34). The van der Waals surface area contributed by atoms with Crippen LogP contribution in [0.25, 0.3) is 11.3 Å². The molecule has 1 unspecified atom stereocenters. The van der Waals surface area contributed by atoms with E-state index in [0.717, 1.165) is 6.42 Å². The molecule has 2 aromatic heterocycles. The maximum absolute atomic E-state index is 14.5. The lowest BCUT2D eigenvalue weighted by molar-refractivity contribution is 0.0981. The lowest BCUT2D eigenvalue weighted by atomic mass is 9.90. The van der Waals surface area contributed by atoms with Gasteiger partial charge in [-0.2, -0.15) is 8.42 Å². The van der Waals surface area contributed by atoms with E-state index in [0.29, 0.717) is 29.4 Å². The highest BCUT2D eigenvalue weighted by Crippen LogP contribution is 2.39. The molecule has 0 spiro atoms. The molecule has 1 fully saturated rings. The number of benzene rings is 1. The Labute approximate surface area is 222 Å². The molecule has 1 saturated heterocycles. The first kappa shape index (κ1) is 27.3. The van der Waals surface area contributed by atoms with Crippen LogP contribution in [0.3, 0.4) is 0 Å². The molecule has 1 amide bonds. The number of hydrogen-bond donors (Lipinski definition) is 2. The summed E-state index contributed by atoms with van der Waals surface area (Å²) in [6.45, 7) is 10.5. The summed E-state index contributed by atoms with van der Waals surface area (Å²) in [5, 5.41) is -0.371. The summed E-state index contributed by atoms with van der Waals surface area (Å²) in [6.07, 6.45) is 0.709. The number of aromatic nitrogens is 2. The molecule has 3 heterocycles. The van der Waals surface area contributed by atoms with Crippen molar-refractivity contribution in [1.29, 1.82) is 0 Å². The third-order valence-electron chi connectivity index (χ3n) is 6.85. The van der Waals surface area contributed by atoms with Crippen LogP contribution in [0.15, 0.2) is 53.6 Å². The topological polar surface area (TPSA) is 128 Å². The Morgan fingerprint density at radius 1 is 1.18 bits per heavy atom.